The van der Waals surface area contributed by atoms with E-state index in [1.165, 1.54) is 9.80 Å². The van der Waals surface area contributed by atoms with Crippen LogP contribution in [0.4, 0.5) is 0 Å². The quantitative estimate of drug-likeness (QED) is 0.0116. The predicted molar refractivity (Wildman–Crippen MR) is 469 cm³/mol. The Kier molecular flexibility index (Phi) is 52.9. The van der Waals surface area contributed by atoms with E-state index in [2.05, 4.69) is 103 Å². The molecule has 15 amide bonds. The van der Waals surface area contributed by atoms with Crippen LogP contribution >= 0.6 is 12.6 Å². The number of aliphatic carboxylic acids is 1. The molecule has 2 heterocycles. The van der Waals surface area contributed by atoms with Gasteiger partial charge in [0.05, 0.1) is 6.54 Å². The average Bonchev–Trinajstić information content (AvgIpc) is 1.66. The first-order valence-electron chi connectivity index (χ1n) is 42.1. The molecule has 0 spiro atoms. The molecule has 2 rings (SSSR count). The zero-order chi connectivity index (χ0) is 95.3. The van der Waals surface area contributed by atoms with E-state index in [9.17, 15) is 67.4 Å². The first kappa shape index (κ1) is 110. The van der Waals surface area contributed by atoms with E-state index in [1.807, 2.05) is 0 Å². The number of carboxylic acid groups (broad SMARTS) is 1. The minimum Gasteiger partial charge on any atom is -0.480 e. The van der Waals surface area contributed by atoms with Crippen LogP contribution in [0.25, 0.3) is 0 Å². The first-order chi connectivity index (χ1) is 60.2. The summed E-state index contributed by atoms with van der Waals surface area (Å²) in [4.78, 5) is 227. The van der Waals surface area contributed by atoms with E-state index in [0.717, 1.165) is 0 Å². The fourth-order valence-electron chi connectivity index (χ4n) is 13.6. The summed E-state index contributed by atoms with van der Waals surface area (Å²) >= 11 is 3.97. The van der Waals surface area contributed by atoms with Crippen LogP contribution in [0, 0.1) is 32.5 Å². The van der Waals surface area contributed by atoms with Gasteiger partial charge in [-0.2, -0.15) is 12.6 Å². The Morgan fingerprint density at radius 2 is 0.575 bits per heavy atom. The topological polar surface area (TPSA) is 934 Å². The Labute approximate surface area is 740 Å². The third kappa shape index (κ3) is 44.7. The van der Waals surface area contributed by atoms with Gasteiger partial charge in [-0.3, -0.25) is 104 Å². The molecule has 0 aromatic carbocycles. The number of carbonyl (C=O) groups is 16. The lowest BCUT2D eigenvalue weighted by Crippen LogP contribution is -2.61. The molecule has 54 heteroatoms. The van der Waals surface area contributed by atoms with Crippen molar-refractivity contribution in [3.63, 3.8) is 0 Å². The molecule has 0 unspecified atom stereocenters. The molecule has 2 saturated heterocycles. The van der Waals surface area contributed by atoms with Crippen molar-refractivity contribution in [1.29, 1.82) is 32.5 Å². The van der Waals surface area contributed by atoms with Gasteiger partial charge in [0, 0.05) is 71.0 Å². The third-order valence-corrected chi connectivity index (χ3v) is 20.5. The van der Waals surface area contributed by atoms with Gasteiger partial charge in [0.15, 0.2) is 35.8 Å². The Bertz CT molecular complexity index is 3740. The lowest BCUT2D eigenvalue weighted by Gasteiger charge is -2.34. The lowest BCUT2D eigenvalue weighted by atomic mass is 10.0. The van der Waals surface area contributed by atoms with Gasteiger partial charge in [-0.05, 0) is 167 Å². The second-order valence-electron chi connectivity index (χ2n) is 30.3. The van der Waals surface area contributed by atoms with Gasteiger partial charge in [-0.15, -0.1) is 0 Å². The van der Waals surface area contributed by atoms with Gasteiger partial charge in [0.25, 0.3) is 0 Å². The molecule has 0 bridgehead atoms. The SMILES string of the molecule is N=C(N)NCCC[C@H](NC(=O)CN)C(=O)N[C@@H](CCCCN)C(=O)N[C@@H](CCCCN)C(=O)N[C@@H](CCCNC(=N)N)C(=O)N[C@@H](CCCNC(=N)N)C(=O)N[C@@H](CCC(N)=O)C(=O)N[C@@H](CCCNC(=N)N)C(=O)N[C@@H](CCCNC(=N)N)C(=O)N[C@@H](CCCNC(=N)N)C(=O)N1CCC[C@H]1C(=O)N1CCC[C@H]1C(=O)N[C@@H](CCC(N)=O)C(=O)N[C@@H](CS)C(=O)O. The minimum absolute atomic E-state index is 0.00338. The van der Waals surface area contributed by atoms with Crippen LogP contribution < -0.4 is 153 Å². The van der Waals surface area contributed by atoms with Gasteiger partial charge in [-0.1, -0.05) is 0 Å². The van der Waals surface area contributed by atoms with E-state index >= 15 is 14.4 Å². The number of nitrogens with two attached hydrogens (primary N) is 11. The fraction of sp³-hybridized carbons (Fsp3) is 0.699. The Morgan fingerprint density at radius 1 is 0.323 bits per heavy atom. The summed E-state index contributed by atoms with van der Waals surface area (Å²) in [6.07, 6.45) is -1.25. The molecule has 0 radical (unpaired) electrons. The van der Waals surface area contributed by atoms with E-state index in [0.29, 0.717) is 19.3 Å². The van der Waals surface area contributed by atoms with E-state index < -0.39 is 229 Å². The van der Waals surface area contributed by atoms with E-state index in [-0.39, 0.29) is 206 Å². The second-order valence-corrected chi connectivity index (χ2v) is 30.7. The molecule has 13 atom stereocenters. The fourth-order valence-corrected chi connectivity index (χ4v) is 13.8. The molecule has 0 aromatic rings. The van der Waals surface area contributed by atoms with Gasteiger partial charge < -0.3 is 168 Å². The van der Waals surface area contributed by atoms with Crippen LogP contribution in [0.3, 0.4) is 0 Å². The Balaban J connectivity index is 2.76. The molecule has 0 aliphatic carbocycles. The number of rotatable bonds is 64. The summed E-state index contributed by atoms with van der Waals surface area (Å²) in [7, 11) is 0. The number of nitrogens with zero attached hydrogens (tertiary/aromatic N) is 2. The molecular weight excluding hydrogens is 1690 g/mol. The summed E-state index contributed by atoms with van der Waals surface area (Å²) in [5.41, 5.74) is 61.5. The van der Waals surface area contributed by atoms with Crippen LogP contribution in [0.5, 0.6) is 0 Å². The van der Waals surface area contributed by atoms with Gasteiger partial charge >= 0.3 is 5.97 Å². The number of likely N-dealkylation sites (tertiary alicyclic amines) is 2. The van der Waals surface area contributed by atoms with Crippen LogP contribution in [-0.2, 0) is 76.7 Å². The highest BCUT2D eigenvalue weighted by Crippen LogP contribution is 2.27. The summed E-state index contributed by atoms with van der Waals surface area (Å²) < 4.78 is 0. The van der Waals surface area contributed by atoms with Crippen LogP contribution in [0.2, 0.25) is 0 Å². The highest BCUT2D eigenvalue weighted by molar-refractivity contribution is 7.80. The molecule has 0 saturated carbocycles. The van der Waals surface area contributed by atoms with Crippen molar-refractivity contribution in [2.24, 2.45) is 63.1 Å². The van der Waals surface area contributed by atoms with Gasteiger partial charge in [-0.25, -0.2) is 4.79 Å². The number of guanidine groups is 6. The smallest absolute Gasteiger partial charge is 0.327 e. The number of carboxylic acids is 1. The molecular formula is C73H136N36O17S. The number of thiol groups is 1. The standard InChI is InChI=1S/C73H136N36O17S/c74-27-3-1-13-40(98-55(113)39(97-54(112)37-76)15-5-29-91-68(79)80)56(114)99-41(14-2-4-28-75)57(115)100-42(16-6-30-92-69(81)82)58(116)101-44(18-8-32-94-71(85)86)60(118)104-46(23-25-52(77)110)62(120)103-43(17-7-31-93-70(83)84)59(117)102-45(19-9-33-95-72(87)88)61(119)106-48(20-10-34-96-73(89)90)65(123)109-36-12-22-51(109)66(124)108-35-11-21-50(108)64(122)105-47(24-26-53(78)111)63(121)107-49(38-127)67(125)126/h39-51,127H,1-38,74-76H2,(H2,77,110)(H2,78,111)(H,97,112)(H,98,113)(H,99,114)(H,100,115)(H,101,116)(H,102,117)(H,103,120)(H,104,118)(H,105,122)(H,106,119)(H,107,121)(H,125,126)(H4,79,80,91)(H4,81,82,92)(H4,83,84,93)(H4,85,86,94)(H4,87,88,95)(H4,89,90,96)/t39-,40-,41-,42-,43-,44-,45-,46-,47-,48-,49-,50-,51-/m0/s1. The van der Waals surface area contributed by atoms with Crippen molar-refractivity contribution in [1.82, 2.24) is 100 Å². The van der Waals surface area contributed by atoms with E-state index in [1.54, 1.807) is 0 Å². The molecule has 127 heavy (non-hydrogen) atoms. The minimum atomic E-state index is -1.81. The third-order valence-electron chi connectivity index (χ3n) is 20.1. The Morgan fingerprint density at radius 3 is 0.850 bits per heavy atom. The largest absolute Gasteiger partial charge is 0.480 e. The summed E-state index contributed by atoms with van der Waals surface area (Å²) in [6.45, 7) is -0.302. The maximum atomic E-state index is 15.1. The van der Waals surface area contributed by atoms with Crippen LogP contribution in [0.15, 0.2) is 0 Å². The molecule has 2 aliphatic rings. The summed E-state index contributed by atoms with van der Waals surface area (Å²) in [6, 6.07) is -19.4. The number of amides is 15. The maximum Gasteiger partial charge on any atom is 0.327 e. The molecule has 2 fully saturated rings. The molecule has 2 aliphatic heterocycles. The number of nitrogens with one attached hydrogen (secondary N) is 23. The average molecular weight is 1820 g/mol. The van der Waals surface area contributed by atoms with Crippen LogP contribution in [0.1, 0.15) is 167 Å². The van der Waals surface area contributed by atoms with Crippen molar-refractivity contribution in [3.8, 4) is 0 Å². The van der Waals surface area contributed by atoms with Crippen molar-refractivity contribution in [2.45, 2.75) is 245 Å². The normalized spacial score (nSPS) is 15.9. The number of carbonyl (C=O) groups excluding carboxylic acids is 15. The Hall–Kier alpha value is -12.6. The number of primary amides is 2. The van der Waals surface area contributed by atoms with Crippen LogP contribution in [-0.4, -0.2) is 302 Å². The predicted octanol–water partition coefficient (Wildman–Crippen LogP) is -12.4. The zero-order valence-corrected chi connectivity index (χ0v) is 72.4. The highest BCUT2D eigenvalue weighted by Gasteiger charge is 2.45. The number of hydrogen-bond acceptors (Lipinski definition) is 26. The number of hydrogen-bond donors (Lipinski definition) is 36. The van der Waals surface area contributed by atoms with Crippen molar-refractivity contribution < 1.29 is 81.8 Å². The first-order valence-corrected chi connectivity index (χ1v) is 42.7. The van der Waals surface area contributed by atoms with Crippen molar-refractivity contribution >= 4 is 143 Å². The molecule has 0 aromatic heterocycles. The summed E-state index contributed by atoms with van der Waals surface area (Å²) in [5.74, 6) is -18.2. The van der Waals surface area contributed by atoms with Crippen molar-refractivity contribution in [2.75, 3.05) is 77.7 Å². The van der Waals surface area contributed by atoms with Crippen molar-refractivity contribution in [3.05, 3.63) is 0 Å². The number of unbranched alkanes of at least 4 members (excludes halogenated alkanes) is 2. The lowest BCUT2D eigenvalue weighted by molar-refractivity contribution is -0.148. The van der Waals surface area contributed by atoms with Gasteiger partial charge in [0.2, 0.25) is 88.6 Å². The monoisotopic (exact) mass is 1820 g/mol. The zero-order valence-electron chi connectivity index (χ0n) is 71.5. The second kappa shape index (κ2) is 60.9. The molecule has 53 nitrogen and oxygen atoms in total. The maximum absolute atomic E-state index is 15.1. The van der Waals surface area contributed by atoms with E-state index in [4.69, 9.17) is 95.5 Å². The molecule has 716 valence electrons. The highest BCUT2D eigenvalue weighted by atomic mass is 32.1. The molecule has 46 N–H and O–H groups in total. The van der Waals surface area contributed by atoms with Gasteiger partial charge in [0.1, 0.15) is 78.5 Å². The summed E-state index contributed by atoms with van der Waals surface area (Å²) in [5, 5.41) is 99.7.